The molecule has 1 saturated carbocycles. The van der Waals surface area contributed by atoms with Crippen LogP contribution in [0.4, 0.5) is 0 Å². The average molecular weight is 380 g/mol. The van der Waals surface area contributed by atoms with Crippen molar-refractivity contribution in [3.63, 3.8) is 0 Å². The standard InChI is InChI=1S/C23H28N2O3/c1-16-14-20(18(3)25(16)21-11-12-21)10-13-23(27)28-15-22(26)24(4)17(2)19-8-6-5-7-9-19/h5-10,13-14,17,21H,11-12,15H2,1-4H3/b13-10+/t17-/m1/s1. The number of amides is 1. The van der Waals surface area contributed by atoms with Crippen LogP contribution in [0, 0.1) is 13.8 Å². The van der Waals surface area contributed by atoms with Crippen molar-refractivity contribution in [1.82, 2.24) is 9.47 Å². The number of esters is 1. The maximum atomic E-state index is 12.3. The van der Waals surface area contributed by atoms with Gasteiger partial charge in [-0.05, 0) is 56.9 Å². The van der Waals surface area contributed by atoms with Crippen molar-refractivity contribution in [2.45, 2.75) is 45.7 Å². The number of hydrogen-bond donors (Lipinski definition) is 0. The monoisotopic (exact) mass is 380 g/mol. The average Bonchev–Trinajstić information content (AvgIpc) is 3.49. The Morgan fingerprint density at radius 3 is 2.57 bits per heavy atom. The lowest BCUT2D eigenvalue weighted by atomic mass is 10.1. The Bertz CT molecular complexity index is 879. The summed E-state index contributed by atoms with van der Waals surface area (Å²) in [6.45, 7) is 5.84. The second-order valence-corrected chi connectivity index (χ2v) is 7.46. The quantitative estimate of drug-likeness (QED) is 0.534. The number of rotatable bonds is 7. The first-order valence-electron chi connectivity index (χ1n) is 9.72. The van der Waals surface area contributed by atoms with E-state index in [1.54, 1.807) is 18.0 Å². The second kappa shape index (κ2) is 8.46. The molecule has 0 bridgehead atoms. The van der Waals surface area contributed by atoms with Crippen molar-refractivity contribution in [1.29, 1.82) is 0 Å². The molecule has 1 amide bonds. The van der Waals surface area contributed by atoms with E-state index in [1.165, 1.54) is 24.6 Å². The largest absolute Gasteiger partial charge is 0.452 e. The molecule has 0 radical (unpaired) electrons. The fourth-order valence-corrected chi connectivity index (χ4v) is 3.48. The molecule has 1 atom stereocenters. The third-order valence-electron chi connectivity index (χ3n) is 5.43. The first-order chi connectivity index (χ1) is 13.4. The van der Waals surface area contributed by atoms with Crippen molar-refractivity contribution < 1.29 is 14.3 Å². The summed E-state index contributed by atoms with van der Waals surface area (Å²) in [5.41, 5.74) is 4.43. The summed E-state index contributed by atoms with van der Waals surface area (Å²) < 4.78 is 7.47. The number of likely N-dealkylation sites (N-methyl/N-ethyl adjacent to an activating group) is 1. The fraction of sp³-hybridized carbons (Fsp3) is 0.391. The summed E-state index contributed by atoms with van der Waals surface area (Å²) in [6.07, 6.45) is 5.61. The van der Waals surface area contributed by atoms with E-state index in [4.69, 9.17) is 4.74 Å². The minimum Gasteiger partial charge on any atom is -0.452 e. The van der Waals surface area contributed by atoms with Crippen molar-refractivity contribution in [2.24, 2.45) is 0 Å². The smallest absolute Gasteiger partial charge is 0.331 e. The van der Waals surface area contributed by atoms with E-state index >= 15 is 0 Å². The minimum absolute atomic E-state index is 0.0873. The van der Waals surface area contributed by atoms with Crippen LogP contribution in [0.2, 0.25) is 0 Å². The molecule has 1 aliphatic rings. The van der Waals surface area contributed by atoms with E-state index in [2.05, 4.69) is 24.5 Å². The Morgan fingerprint density at radius 1 is 1.25 bits per heavy atom. The van der Waals surface area contributed by atoms with Crippen LogP contribution in [0.5, 0.6) is 0 Å². The van der Waals surface area contributed by atoms with E-state index in [-0.39, 0.29) is 18.6 Å². The molecule has 1 aromatic carbocycles. The molecule has 1 aromatic heterocycles. The molecule has 2 aromatic rings. The highest BCUT2D eigenvalue weighted by Gasteiger charge is 2.26. The molecule has 3 rings (SSSR count). The van der Waals surface area contributed by atoms with Gasteiger partial charge in [0.2, 0.25) is 0 Å². The van der Waals surface area contributed by atoms with Gasteiger partial charge < -0.3 is 14.2 Å². The van der Waals surface area contributed by atoms with Crippen LogP contribution in [0.1, 0.15) is 54.4 Å². The number of nitrogens with zero attached hydrogens (tertiary/aromatic N) is 2. The SMILES string of the molecule is Cc1cc(/C=C/C(=O)OCC(=O)N(C)[C@H](C)c2ccccc2)c(C)n1C1CC1. The number of carbonyl (C=O) groups is 2. The third-order valence-corrected chi connectivity index (χ3v) is 5.43. The first-order valence-corrected chi connectivity index (χ1v) is 9.72. The molecule has 1 aliphatic carbocycles. The topological polar surface area (TPSA) is 51.5 Å². The van der Waals surface area contributed by atoms with Gasteiger partial charge in [0.1, 0.15) is 0 Å². The molecule has 0 aliphatic heterocycles. The lowest BCUT2D eigenvalue weighted by Crippen LogP contribution is -2.33. The number of carbonyl (C=O) groups excluding carboxylic acids is 2. The Kier molecular flexibility index (Phi) is 6.02. The molecule has 0 saturated heterocycles. The number of hydrogen-bond acceptors (Lipinski definition) is 3. The van der Waals surface area contributed by atoms with Crippen LogP contribution >= 0.6 is 0 Å². The van der Waals surface area contributed by atoms with Crippen LogP contribution in [-0.2, 0) is 14.3 Å². The van der Waals surface area contributed by atoms with Gasteiger partial charge in [-0.15, -0.1) is 0 Å². The molecule has 1 heterocycles. The lowest BCUT2D eigenvalue weighted by Gasteiger charge is -2.25. The van der Waals surface area contributed by atoms with Crippen LogP contribution in [0.15, 0.2) is 42.5 Å². The van der Waals surface area contributed by atoms with Gasteiger partial charge in [0.25, 0.3) is 5.91 Å². The van der Waals surface area contributed by atoms with Gasteiger partial charge in [0.15, 0.2) is 6.61 Å². The summed E-state index contributed by atoms with van der Waals surface area (Å²) in [6, 6.07) is 12.4. The summed E-state index contributed by atoms with van der Waals surface area (Å²) >= 11 is 0. The lowest BCUT2D eigenvalue weighted by molar-refractivity contribution is -0.148. The van der Waals surface area contributed by atoms with Crippen molar-refractivity contribution in [3.8, 4) is 0 Å². The predicted molar refractivity (Wildman–Crippen MR) is 110 cm³/mol. The molecule has 0 unspecified atom stereocenters. The summed E-state index contributed by atoms with van der Waals surface area (Å²) in [5.74, 6) is -0.740. The van der Waals surface area contributed by atoms with E-state index < -0.39 is 5.97 Å². The molecular weight excluding hydrogens is 352 g/mol. The van der Waals surface area contributed by atoms with E-state index in [0.717, 1.165) is 16.8 Å². The molecule has 1 fully saturated rings. The minimum atomic E-state index is -0.509. The molecule has 5 heteroatoms. The second-order valence-electron chi connectivity index (χ2n) is 7.46. The number of aryl methyl sites for hydroxylation is 1. The Hall–Kier alpha value is -2.82. The number of ether oxygens (including phenoxy) is 1. The van der Waals surface area contributed by atoms with Crippen molar-refractivity contribution >= 4 is 18.0 Å². The molecule has 0 spiro atoms. The molecule has 148 valence electrons. The highest BCUT2D eigenvalue weighted by molar-refractivity contribution is 5.89. The maximum Gasteiger partial charge on any atom is 0.331 e. The van der Waals surface area contributed by atoms with Crippen LogP contribution in [0.3, 0.4) is 0 Å². The van der Waals surface area contributed by atoms with Gasteiger partial charge in [0.05, 0.1) is 6.04 Å². The first kappa shape index (κ1) is 19.9. The Balaban J connectivity index is 1.53. The van der Waals surface area contributed by atoms with Crippen LogP contribution in [0.25, 0.3) is 6.08 Å². The highest BCUT2D eigenvalue weighted by Crippen LogP contribution is 2.38. The zero-order valence-corrected chi connectivity index (χ0v) is 17.0. The van der Waals surface area contributed by atoms with Gasteiger partial charge in [-0.2, -0.15) is 0 Å². The zero-order chi connectivity index (χ0) is 20.3. The summed E-state index contributed by atoms with van der Waals surface area (Å²) in [4.78, 5) is 26.0. The fourth-order valence-electron chi connectivity index (χ4n) is 3.48. The van der Waals surface area contributed by atoms with E-state index in [0.29, 0.717) is 6.04 Å². The predicted octanol–water partition coefficient (Wildman–Crippen LogP) is 4.22. The summed E-state index contributed by atoms with van der Waals surface area (Å²) in [7, 11) is 1.72. The van der Waals surface area contributed by atoms with Crippen molar-refractivity contribution in [2.75, 3.05) is 13.7 Å². The van der Waals surface area contributed by atoms with E-state index in [1.807, 2.05) is 37.3 Å². The van der Waals surface area contributed by atoms with Gasteiger partial charge in [-0.3, -0.25) is 4.79 Å². The van der Waals surface area contributed by atoms with E-state index in [9.17, 15) is 9.59 Å². The van der Waals surface area contributed by atoms with Crippen LogP contribution < -0.4 is 0 Å². The Labute approximate surface area is 166 Å². The van der Waals surface area contributed by atoms with Gasteiger partial charge >= 0.3 is 5.97 Å². The molecular formula is C23H28N2O3. The zero-order valence-electron chi connectivity index (χ0n) is 17.0. The molecule has 28 heavy (non-hydrogen) atoms. The molecule has 0 N–H and O–H groups in total. The van der Waals surface area contributed by atoms with Crippen LogP contribution in [-0.4, -0.2) is 35.0 Å². The van der Waals surface area contributed by atoms with Crippen molar-refractivity contribution in [3.05, 3.63) is 65.0 Å². The third kappa shape index (κ3) is 4.53. The normalized spacial score (nSPS) is 14.9. The van der Waals surface area contributed by atoms with Gasteiger partial charge in [-0.25, -0.2) is 4.79 Å². The number of aromatic nitrogens is 1. The number of benzene rings is 1. The molecule has 5 nitrogen and oxygen atoms in total. The highest BCUT2D eigenvalue weighted by atomic mass is 16.5. The maximum absolute atomic E-state index is 12.3. The van der Waals surface area contributed by atoms with Gasteiger partial charge in [-0.1, -0.05) is 30.3 Å². The van der Waals surface area contributed by atoms with Gasteiger partial charge in [0, 0.05) is 30.6 Å². The Morgan fingerprint density at radius 2 is 1.93 bits per heavy atom. The summed E-state index contributed by atoms with van der Waals surface area (Å²) in [5, 5.41) is 0.